The first-order chi connectivity index (χ1) is 23.8. The van der Waals surface area contributed by atoms with Crippen LogP contribution in [0.25, 0.3) is 0 Å². The number of ether oxygens (including phenoxy) is 6. The first kappa shape index (κ1) is 44.5. The smallest absolute Gasteiger partial charge is 0.311 e. The van der Waals surface area contributed by atoms with Crippen molar-refractivity contribution in [1.29, 1.82) is 0 Å². The van der Waals surface area contributed by atoms with Crippen molar-refractivity contribution in [1.82, 2.24) is 4.90 Å². The number of hydrogen-bond donors (Lipinski definition) is 4. The molecule has 0 aromatic rings. The molecule has 300 valence electrons. The Morgan fingerprint density at radius 3 is 2.20 bits per heavy atom. The van der Waals surface area contributed by atoms with Crippen LogP contribution in [0.15, 0.2) is 0 Å². The van der Waals surface area contributed by atoms with Crippen LogP contribution in [-0.2, 0) is 33.2 Å². The van der Waals surface area contributed by atoms with E-state index in [1.54, 1.807) is 21.0 Å². The second kappa shape index (κ2) is 19.1. The Morgan fingerprint density at radius 2 is 1.61 bits per heavy atom. The molecule has 3 fully saturated rings. The van der Waals surface area contributed by atoms with Gasteiger partial charge in [-0.2, -0.15) is 0 Å². The van der Waals surface area contributed by atoms with Crippen molar-refractivity contribution >= 4 is 5.97 Å². The third-order valence-electron chi connectivity index (χ3n) is 12.2. The molecular weight excluding hydrogens is 658 g/mol. The van der Waals surface area contributed by atoms with Gasteiger partial charge in [0.15, 0.2) is 12.6 Å². The summed E-state index contributed by atoms with van der Waals surface area (Å²) in [5.74, 6) is -2.64. The molecule has 0 spiro atoms. The Kier molecular flexibility index (Phi) is 16.6. The van der Waals surface area contributed by atoms with E-state index in [-0.39, 0.29) is 42.9 Å². The highest BCUT2D eigenvalue weighted by atomic mass is 16.7. The highest BCUT2D eigenvalue weighted by Crippen LogP contribution is 2.41. The van der Waals surface area contributed by atoms with E-state index in [0.29, 0.717) is 32.2 Å². The molecule has 3 saturated heterocycles. The Bertz CT molecular complexity index is 1060. The fourth-order valence-corrected chi connectivity index (χ4v) is 8.96. The van der Waals surface area contributed by atoms with Gasteiger partial charge in [-0.3, -0.25) is 9.69 Å². The van der Waals surface area contributed by atoms with Crippen molar-refractivity contribution < 1.29 is 53.6 Å². The summed E-state index contributed by atoms with van der Waals surface area (Å²) in [4.78, 5) is 16.5. The molecule has 0 bridgehead atoms. The minimum absolute atomic E-state index is 0.0203. The number of hydrogen-bond acceptors (Lipinski definition) is 12. The lowest BCUT2D eigenvalue weighted by molar-refractivity contribution is -0.310. The average molecular weight is 732 g/mol. The molecule has 1 unspecified atom stereocenters. The van der Waals surface area contributed by atoms with Gasteiger partial charge in [-0.25, -0.2) is 0 Å². The first-order valence-electron chi connectivity index (χ1n) is 19.6. The number of esters is 1. The van der Waals surface area contributed by atoms with Crippen LogP contribution in [0, 0.1) is 29.6 Å². The lowest BCUT2D eigenvalue weighted by atomic mass is 9.77. The molecule has 0 amide bonds. The van der Waals surface area contributed by atoms with Crippen LogP contribution < -0.4 is 0 Å². The molecule has 4 N–H and O–H groups in total. The second-order valence-corrected chi connectivity index (χ2v) is 16.7. The predicted octanol–water partition coefficient (Wildman–Crippen LogP) is 4.27. The molecule has 0 saturated carbocycles. The Hall–Kier alpha value is -0.930. The van der Waals surface area contributed by atoms with Gasteiger partial charge in [-0.1, -0.05) is 34.6 Å². The third kappa shape index (κ3) is 10.9. The monoisotopic (exact) mass is 732 g/mol. The number of carbonyl (C=O) groups excluding carboxylic acids is 1. The zero-order valence-corrected chi connectivity index (χ0v) is 33.6. The molecule has 3 aliphatic heterocycles. The molecule has 17 atom stereocenters. The molecule has 12 nitrogen and oxygen atoms in total. The van der Waals surface area contributed by atoms with Gasteiger partial charge in [0.05, 0.1) is 54.2 Å². The summed E-state index contributed by atoms with van der Waals surface area (Å²) in [5.41, 5.74) is -2.23. The van der Waals surface area contributed by atoms with E-state index < -0.39 is 78.2 Å². The Balaban J connectivity index is 2.14. The van der Waals surface area contributed by atoms with Gasteiger partial charge in [0, 0.05) is 43.9 Å². The van der Waals surface area contributed by atoms with Gasteiger partial charge < -0.3 is 48.8 Å². The summed E-state index contributed by atoms with van der Waals surface area (Å²) >= 11 is 0. The first-order valence-corrected chi connectivity index (χ1v) is 19.6. The number of aliphatic hydroxyl groups is 4. The summed E-state index contributed by atoms with van der Waals surface area (Å²) in [6.07, 6.45) is -3.20. The average Bonchev–Trinajstić information content (AvgIpc) is 3.07. The topological polar surface area (TPSA) is 157 Å². The van der Waals surface area contributed by atoms with Crippen molar-refractivity contribution in [2.75, 3.05) is 26.8 Å². The Labute approximate surface area is 307 Å². The largest absolute Gasteiger partial charge is 0.462 e. The van der Waals surface area contributed by atoms with E-state index in [4.69, 9.17) is 28.4 Å². The third-order valence-corrected chi connectivity index (χ3v) is 12.2. The fraction of sp³-hybridized carbons (Fsp3) is 0.974. The van der Waals surface area contributed by atoms with Gasteiger partial charge in [-0.15, -0.1) is 0 Å². The van der Waals surface area contributed by atoms with Gasteiger partial charge in [0.1, 0.15) is 12.2 Å². The van der Waals surface area contributed by atoms with Gasteiger partial charge in [-0.05, 0) is 86.1 Å². The quantitative estimate of drug-likeness (QED) is 0.250. The molecule has 0 aromatic carbocycles. The maximum Gasteiger partial charge on any atom is 0.311 e. The highest BCUT2D eigenvalue weighted by Gasteiger charge is 2.51. The van der Waals surface area contributed by atoms with E-state index in [0.717, 1.165) is 13.0 Å². The van der Waals surface area contributed by atoms with Crippen LogP contribution in [0.3, 0.4) is 0 Å². The van der Waals surface area contributed by atoms with Crippen LogP contribution in [0.4, 0.5) is 0 Å². The normalized spacial score (nSPS) is 47.3. The number of nitrogens with zero attached hydrogens (tertiary/aromatic N) is 1. The SMILES string of the molecule is CCCN1C[C@H](C)C[C@@](C)(O)[C@H](O[C@@H]2O[C@H](C)CC[C@H]2O)[C@@H](C)[C@H](O[C@H]2C[C@@](C)(OC)C(CO)[C@H](C)O2)[C@@H](C)C(=O)O[C@H](CC)[C@H](C)[C@H](O)[C@H]1C. The van der Waals surface area contributed by atoms with Crippen molar-refractivity contribution in [3.63, 3.8) is 0 Å². The molecule has 0 aromatic heterocycles. The van der Waals surface area contributed by atoms with Crippen molar-refractivity contribution in [3.05, 3.63) is 0 Å². The van der Waals surface area contributed by atoms with E-state index >= 15 is 0 Å². The van der Waals surface area contributed by atoms with E-state index in [2.05, 4.69) is 18.7 Å². The van der Waals surface area contributed by atoms with Crippen molar-refractivity contribution in [2.24, 2.45) is 29.6 Å². The van der Waals surface area contributed by atoms with Gasteiger partial charge in [0.2, 0.25) is 0 Å². The maximum atomic E-state index is 14.2. The molecule has 3 rings (SSSR count). The van der Waals surface area contributed by atoms with Crippen LogP contribution >= 0.6 is 0 Å². The van der Waals surface area contributed by atoms with Gasteiger partial charge >= 0.3 is 5.97 Å². The summed E-state index contributed by atoms with van der Waals surface area (Å²) in [6.45, 7) is 22.4. The van der Waals surface area contributed by atoms with E-state index in [1.807, 2.05) is 48.5 Å². The minimum atomic E-state index is -1.46. The van der Waals surface area contributed by atoms with Crippen molar-refractivity contribution in [2.45, 2.75) is 187 Å². The summed E-state index contributed by atoms with van der Waals surface area (Å²) in [5, 5.41) is 45.4. The van der Waals surface area contributed by atoms with Crippen LogP contribution in [0.1, 0.15) is 115 Å². The maximum absolute atomic E-state index is 14.2. The van der Waals surface area contributed by atoms with Crippen LogP contribution in [0.2, 0.25) is 0 Å². The number of aliphatic hydroxyl groups excluding tert-OH is 3. The zero-order valence-electron chi connectivity index (χ0n) is 33.6. The van der Waals surface area contributed by atoms with E-state index in [9.17, 15) is 25.2 Å². The fourth-order valence-electron chi connectivity index (χ4n) is 8.96. The molecule has 3 heterocycles. The lowest BCUT2D eigenvalue weighted by Crippen LogP contribution is -2.58. The standard InChI is InChI=1S/C39H73NO11/c1-13-17-40-20-22(3)18-38(10,45)35(51-37-30(42)16-15-23(4)47-37)25(6)34(50-32-19-39(11,46-12)29(21-41)28(9)48-32)26(7)36(44)49-31(14-2)24(5)33(43)27(40)8/h22-35,37,41-43,45H,13-21H2,1-12H3/t22-,23-,24+,25+,26-,27-,28+,29?,30-,31-,32+,33+,34+,35-,37+,38-,39-/m1/s1. The van der Waals surface area contributed by atoms with E-state index in [1.165, 1.54) is 0 Å². The molecule has 51 heavy (non-hydrogen) atoms. The second-order valence-electron chi connectivity index (χ2n) is 16.7. The predicted molar refractivity (Wildman–Crippen MR) is 194 cm³/mol. The lowest BCUT2D eigenvalue weighted by Gasteiger charge is -2.49. The number of methoxy groups -OCH3 is 1. The zero-order chi connectivity index (χ0) is 38.4. The molecule has 12 heteroatoms. The van der Waals surface area contributed by atoms with Crippen LogP contribution in [0.5, 0.6) is 0 Å². The summed E-state index contributed by atoms with van der Waals surface area (Å²) < 4.78 is 38.1. The number of carbonyl (C=O) groups is 1. The summed E-state index contributed by atoms with van der Waals surface area (Å²) in [7, 11) is 1.60. The molecule has 3 aliphatic rings. The highest BCUT2D eigenvalue weighted by molar-refractivity contribution is 5.73. The summed E-state index contributed by atoms with van der Waals surface area (Å²) in [6, 6.07) is -0.222. The minimum Gasteiger partial charge on any atom is -0.462 e. The number of rotatable bonds is 9. The number of cyclic esters (lactones) is 1. The van der Waals surface area contributed by atoms with Crippen LogP contribution in [-0.4, -0.2) is 131 Å². The molecule has 0 radical (unpaired) electrons. The molecule has 0 aliphatic carbocycles. The van der Waals surface area contributed by atoms with Gasteiger partial charge in [0.25, 0.3) is 0 Å². The Morgan fingerprint density at radius 1 is 0.941 bits per heavy atom. The molecular formula is C39H73NO11. The van der Waals surface area contributed by atoms with Crippen molar-refractivity contribution in [3.8, 4) is 0 Å².